The Morgan fingerprint density at radius 2 is 2.38 bits per heavy atom. The molecule has 1 N–H and O–H groups in total. The fourth-order valence-electron chi connectivity index (χ4n) is 0.198. The number of hydrogen-bond acceptors (Lipinski definition) is 2. The monoisotopic (exact) mass is 108 g/mol. The van der Waals surface area contributed by atoms with Gasteiger partial charge in [0.1, 0.15) is 0 Å². The van der Waals surface area contributed by atoms with Crippen molar-refractivity contribution in [1.82, 2.24) is 0 Å². The van der Waals surface area contributed by atoms with Crippen LogP contribution in [0.5, 0.6) is 0 Å². The van der Waals surface area contributed by atoms with Gasteiger partial charge >= 0.3 is 0 Å². The van der Waals surface area contributed by atoms with Gasteiger partial charge in [0.25, 0.3) is 0 Å². The van der Waals surface area contributed by atoms with Crippen LogP contribution in [0.15, 0.2) is 23.3 Å². The molecule has 0 aliphatic heterocycles. The zero-order chi connectivity index (χ0) is 6.24. The molecule has 2 heteroatoms. The van der Waals surface area contributed by atoms with Crippen LogP contribution in [0.25, 0.3) is 0 Å². The van der Waals surface area contributed by atoms with E-state index < -0.39 is 0 Å². The van der Waals surface area contributed by atoms with Gasteiger partial charge in [-0.25, -0.2) is 4.99 Å². The van der Waals surface area contributed by atoms with Gasteiger partial charge in [-0.05, 0) is 12.8 Å². The first-order valence-electron chi connectivity index (χ1n) is 2.30. The van der Waals surface area contributed by atoms with Crippen molar-refractivity contribution < 1.29 is 0 Å². The third-order valence-corrected chi connectivity index (χ3v) is 0.456. The molecule has 0 bridgehead atoms. The Hall–Kier alpha value is -1.14. The summed E-state index contributed by atoms with van der Waals surface area (Å²) < 4.78 is 0. The van der Waals surface area contributed by atoms with E-state index in [1.165, 1.54) is 6.08 Å². The Morgan fingerprint density at radius 3 is 2.88 bits per heavy atom. The number of hydrogen-bond donors (Lipinski definition) is 1. The lowest BCUT2D eigenvalue weighted by Gasteiger charge is -1.62. The van der Waals surface area contributed by atoms with E-state index in [0.717, 1.165) is 6.21 Å². The van der Waals surface area contributed by atoms with Crippen LogP contribution in [-0.4, -0.2) is 12.1 Å². The highest BCUT2D eigenvalue weighted by Gasteiger charge is 1.51. The van der Waals surface area contributed by atoms with Crippen LogP contribution in [-0.2, 0) is 0 Å². The molecule has 0 aromatic heterocycles. The zero-order valence-electron chi connectivity index (χ0n) is 4.76. The van der Waals surface area contributed by atoms with Crippen LogP contribution in [0.2, 0.25) is 0 Å². The minimum absolute atomic E-state index is 1.13. The van der Waals surface area contributed by atoms with Gasteiger partial charge in [0, 0.05) is 18.5 Å². The number of aliphatic imine (C=N–C) groups is 1. The molecule has 0 radical (unpaired) electrons. The summed E-state index contributed by atoms with van der Waals surface area (Å²) in [6.45, 7) is 1.87. The molecule has 0 aromatic rings. The zero-order valence-corrected chi connectivity index (χ0v) is 4.76. The Labute approximate surface area is 48.8 Å². The molecule has 0 rings (SSSR count). The van der Waals surface area contributed by atoms with Crippen LogP contribution in [0.1, 0.15) is 6.92 Å². The van der Waals surface area contributed by atoms with E-state index in [2.05, 4.69) is 10.9 Å². The molecule has 0 heterocycles. The maximum absolute atomic E-state index is 6.51. The quantitative estimate of drug-likeness (QED) is 0.519. The van der Waals surface area contributed by atoms with E-state index >= 15 is 0 Å². The van der Waals surface area contributed by atoms with Gasteiger partial charge in [0.15, 0.2) is 0 Å². The average molecular weight is 108 g/mol. The third kappa shape index (κ3) is 4.86. The van der Waals surface area contributed by atoms with Crippen LogP contribution < -0.4 is 0 Å². The Balaban J connectivity index is 3.63. The molecule has 0 fully saturated rings. The van der Waals surface area contributed by atoms with E-state index in [4.69, 9.17) is 5.41 Å². The first kappa shape index (κ1) is 6.86. The molecule has 0 amide bonds. The maximum atomic E-state index is 6.51. The van der Waals surface area contributed by atoms with Crippen molar-refractivity contribution >= 4 is 12.1 Å². The van der Waals surface area contributed by atoms with Gasteiger partial charge in [0.05, 0.1) is 0 Å². The highest BCUT2D eigenvalue weighted by molar-refractivity contribution is 5.80. The number of nitrogens with zero attached hydrogens (tertiary/aromatic N) is 1. The topological polar surface area (TPSA) is 36.2 Å². The van der Waals surface area contributed by atoms with E-state index in [9.17, 15) is 0 Å². The summed E-state index contributed by atoms with van der Waals surface area (Å²) in [5.74, 6) is 2.51. The van der Waals surface area contributed by atoms with Gasteiger partial charge in [-0.1, -0.05) is 6.08 Å². The van der Waals surface area contributed by atoms with Gasteiger partial charge < -0.3 is 5.41 Å². The van der Waals surface area contributed by atoms with Gasteiger partial charge in [-0.2, -0.15) is 0 Å². The molecule has 42 valence electrons. The summed E-state index contributed by atoms with van der Waals surface area (Å²) in [6.07, 6.45) is 5.97. The summed E-state index contributed by atoms with van der Waals surface area (Å²) in [4.78, 5) is 3.64. The lowest BCUT2D eigenvalue weighted by molar-refractivity contribution is 1.55. The summed E-state index contributed by atoms with van der Waals surface area (Å²) in [5.41, 5.74) is 0. The lowest BCUT2D eigenvalue weighted by Crippen LogP contribution is -1.55. The van der Waals surface area contributed by atoms with Crippen LogP contribution in [0.3, 0.4) is 0 Å². The minimum atomic E-state index is 1.13. The maximum Gasteiger partial charge on any atom is 0.0325 e. The molecule has 8 heavy (non-hydrogen) atoms. The number of allylic oxidation sites excluding steroid dienone is 2. The molecule has 0 spiro atoms. The van der Waals surface area contributed by atoms with Crippen LogP contribution >= 0.6 is 0 Å². The fraction of sp³-hybridized carbons (Fsp3) is 0.167. The summed E-state index contributed by atoms with van der Waals surface area (Å²) in [7, 11) is 0. The second-order valence-electron chi connectivity index (χ2n) is 1.07. The lowest BCUT2D eigenvalue weighted by atomic mass is 10.7. The molecular weight excluding hydrogens is 100 g/mol. The molecule has 0 aliphatic rings. The highest BCUT2D eigenvalue weighted by Crippen LogP contribution is 1.66. The number of nitrogens with one attached hydrogen (secondary N) is 1. The van der Waals surface area contributed by atoms with Crippen LogP contribution in [0, 0.1) is 5.41 Å². The molecule has 0 atom stereocenters. The molecule has 0 aliphatic carbocycles. The average Bonchev–Trinajstić information content (AvgIpc) is 1.81. The van der Waals surface area contributed by atoms with E-state index in [-0.39, 0.29) is 0 Å². The van der Waals surface area contributed by atoms with Crippen molar-refractivity contribution in [3.63, 3.8) is 0 Å². The van der Waals surface area contributed by atoms with Crippen molar-refractivity contribution in [2.75, 3.05) is 0 Å². The van der Waals surface area contributed by atoms with E-state index in [1.54, 1.807) is 12.3 Å². The summed E-state index contributed by atoms with van der Waals surface area (Å²) >= 11 is 0. The van der Waals surface area contributed by atoms with Gasteiger partial charge in [-0.15, -0.1) is 0 Å². The highest BCUT2D eigenvalue weighted by atomic mass is 14.6. The first-order valence-corrected chi connectivity index (χ1v) is 2.30. The van der Waals surface area contributed by atoms with Crippen molar-refractivity contribution in [2.45, 2.75) is 6.92 Å². The smallest absolute Gasteiger partial charge is 0.0325 e. The van der Waals surface area contributed by atoms with Gasteiger partial charge in [0.2, 0.25) is 0 Å². The molecule has 0 saturated heterocycles. The second kappa shape index (κ2) is 5.86. The largest absolute Gasteiger partial charge is 0.308 e. The fourth-order valence-corrected chi connectivity index (χ4v) is 0.198. The Kier molecular flexibility index (Phi) is 5.02. The predicted octanol–water partition coefficient (Wildman–Crippen LogP) is 1.40. The van der Waals surface area contributed by atoms with Crippen molar-refractivity contribution in [3.8, 4) is 0 Å². The Bertz CT molecular complexity index is 139. The predicted molar refractivity (Wildman–Crippen MR) is 35.6 cm³/mol. The standard InChI is InChI=1S/C6H8N2/c1-2-5-8-6-3-4-7/h2-5,7H,1H3/b5-2-,7-4?. The molecule has 0 aromatic carbocycles. The normalized spacial score (nSPS) is 8.12. The minimum Gasteiger partial charge on any atom is -0.308 e. The van der Waals surface area contributed by atoms with Crippen LogP contribution in [0.4, 0.5) is 0 Å². The molecular formula is C6H8N2. The van der Waals surface area contributed by atoms with Crippen molar-refractivity contribution in [1.29, 1.82) is 5.41 Å². The van der Waals surface area contributed by atoms with Crippen molar-refractivity contribution in [2.24, 2.45) is 4.99 Å². The number of rotatable bonds is 2. The van der Waals surface area contributed by atoms with E-state index in [1.807, 2.05) is 6.92 Å². The molecule has 0 saturated carbocycles. The summed E-state index contributed by atoms with van der Waals surface area (Å²) in [6, 6.07) is 0. The summed E-state index contributed by atoms with van der Waals surface area (Å²) in [5, 5.41) is 6.51. The van der Waals surface area contributed by atoms with Crippen molar-refractivity contribution in [3.05, 3.63) is 18.4 Å². The second-order valence-corrected chi connectivity index (χ2v) is 1.07. The molecule has 0 unspecified atom stereocenters. The molecule has 2 nitrogen and oxygen atoms in total. The Morgan fingerprint density at radius 1 is 1.62 bits per heavy atom. The first-order chi connectivity index (χ1) is 3.91. The van der Waals surface area contributed by atoms with Gasteiger partial charge in [-0.3, -0.25) is 0 Å². The SMILES string of the molecule is C/C=C\N=C=CC=N. The third-order valence-electron chi connectivity index (χ3n) is 0.456. The van der Waals surface area contributed by atoms with E-state index in [0.29, 0.717) is 0 Å².